The summed E-state index contributed by atoms with van der Waals surface area (Å²) in [6.45, 7) is 2.00. The molecule has 1 N–H and O–H groups in total. The maximum absolute atomic E-state index is 11.1. The second-order valence-corrected chi connectivity index (χ2v) is 3.45. The van der Waals surface area contributed by atoms with Gasteiger partial charge in [-0.2, -0.15) is 0 Å². The predicted octanol–water partition coefficient (Wildman–Crippen LogP) is 3.51. The van der Waals surface area contributed by atoms with E-state index in [2.05, 4.69) is 0 Å². The van der Waals surface area contributed by atoms with Gasteiger partial charge in [-0.3, -0.25) is 0 Å². The Kier molecular flexibility index (Phi) is 3.96. The molecule has 0 spiro atoms. The monoisotopic (exact) mass is 240 g/mol. The van der Waals surface area contributed by atoms with E-state index in [1.54, 1.807) is 12.1 Å². The quantitative estimate of drug-likeness (QED) is 0.893. The molecule has 0 aliphatic rings. The van der Waals surface area contributed by atoms with Gasteiger partial charge in [0, 0.05) is 11.8 Å². The molecule has 2 aromatic rings. The SMILES string of the molecule is CCCc1oc2ccccc2c1C(=O)O.Cl. The normalized spacial score (nSPS) is 10.1. The lowest BCUT2D eigenvalue weighted by Crippen LogP contribution is -1.99. The van der Waals surface area contributed by atoms with E-state index in [9.17, 15) is 4.79 Å². The van der Waals surface area contributed by atoms with E-state index in [1.807, 2.05) is 19.1 Å². The van der Waals surface area contributed by atoms with E-state index < -0.39 is 5.97 Å². The summed E-state index contributed by atoms with van der Waals surface area (Å²) in [5, 5.41) is 9.81. The van der Waals surface area contributed by atoms with Crippen molar-refractivity contribution in [3.8, 4) is 0 Å². The van der Waals surface area contributed by atoms with E-state index in [0.717, 1.165) is 6.42 Å². The van der Waals surface area contributed by atoms with Gasteiger partial charge in [-0.05, 0) is 12.5 Å². The molecule has 1 aromatic carbocycles. The van der Waals surface area contributed by atoms with Gasteiger partial charge in [0.2, 0.25) is 0 Å². The molecular weight excluding hydrogens is 228 g/mol. The fraction of sp³-hybridized carbons (Fsp3) is 0.250. The van der Waals surface area contributed by atoms with Crippen LogP contribution in [0, 0.1) is 0 Å². The second-order valence-electron chi connectivity index (χ2n) is 3.45. The number of fused-ring (bicyclic) bond motifs is 1. The summed E-state index contributed by atoms with van der Waals surface area (Å²) in [6, 6.07) is 7.23. The molecular formula is C12H13ClO3. The van der Waals surface area contributed by atoms with Crippen LogP contribution < -0.4 is 0 Å². The number of furan rings is 1. The van der Waals surface area contributed by atoms with Gasteiger partial charge in [0.25, 0.3) is 0 Å². The second kappa shape index (κ2) is 5.03. The van der Waals surface area contributed by atoms with E-state index in [0.29, 0.717) is 28.7 Å². The Bertz CT molecular complexity index is 502. The largest absolute Gasteiger partial charge is 0.478 e. The molecule has 0 saturated heterocycles. The van der Waals surface area contributed by atoms with Gasteiger partial charge in [0.1, 0.15) is 16.9 Å². The van der Waals surface area contributed by atoms with Crippen molar-refractivity contribution in [3.05, 3.63) is 35.6 Å². The molecule has 0 saturated carbocycles. The molecule has 3 nitrogen and oxygen atoms in total. The number of benzene rings is 1. The van der Waals surface area contributed by atoms with Crippen LogP contribution in [0.3, 0.4) is 0 Å². The van der Waals surface area contributed by atoms with Crippen molar-refractivity contribution in [1.29, 1.82) is 0 Å². The average Bonchev–Trinajstić information content (AvgIpc) is 2.56. The summed E-state index contributed by atoms with van der Waals surface area (Å²) < 4.78 is 5.52. The highest BCUT2D eigenvalue weighted by molar-refractivity contribution is 6.03. The van der Waals surface area contributed by atoms with Crippen molar-refractivity contribution in [2.75, 3.05) is 0 Å². The number of rotatable bonds is 3. The number of carbonyl (C=O) groups is 1. The zero-order valence-corrected chi connectivity index (χ0v) is 9.71. The maximum atomic E-state index is 11.1. The Labute approximate surface area is 99.5 Å². The minimum absolute atomic E-state index is 0. The molecule has 0 fully saturated rings. The summed E-state index contributed by atoms with van der Waals surface area (Å²) in [5.74, 6) is -0.338. The van der Waals surface area contributed by atoms with Gasteiger partial charge in [-0.25, -0.2) is 4.79 Å². The summed E-state index contributed by atoms with van der Waals surface area (Å²) >= 11 is 0. The first-order valence-electron chi connectivity index (χ1n) is 4.97. The maximum Gasteiger partial charge on any atom is 0.339 e. The molecule has 1 heterocycles. The Morgan fingerprint density at radius 2 is 2.06 bits per heavy atom. The number of aryl methyl sites for hydroxylation is 1. The number of carboxylic acids is 1. The topological polar surface area (TPSA) is 50.4 Å². The highest BCUT2D eigenvalue weighted by Gasteiger charge is 2.18. The Balaban J connectivity index is 0.00000128. The third-order valence-corrected chi connectivity index (χ3v) is 2.36. The van der Waals surface area contributed by atoms with Gasteiger partial charge in [0.05, 0.1) is 0 Å². The molecule has 4 heteroatoms. The number of carboxylic acid groups (broad SMARTS) is 1. The van der Waals surface area contributed by atoms with E-state index in [1.165, 1.54) is 0 Å². The van der Waals surface area contributed by atoms with Gasteiger partial charge in [-0.15, -0.1) is 12.4 Å². The van der Waals surface area contributed by atoms with E-state index >= 15 is 0 Å². The molecule has 0 aliphatic heterocycles. The molecule has 0 radical (unpaired) electrons. The molecule has 2 rings (SSSR count). The average molecular weight is 241 g/mol. The zero-order valence-electron chi connectivity index (χ0n) is 8.90. The van der Waals surface area contributed by atoms with Crippen LogP contribution in [0.15, 0.2) is 28.7 Å². The van der Waals surface area contributed by atoms with E-state index in [4.69, 9.17) is 9.52 Å². The number of aromatic carboxylic acids is 1. The van der Waals surface area contributed by atoms with Crippen LogP contribution >= 0.6 is 12.4 Å². The molecule has 1 aromatic heterocycles. The lowest BCUT2D eigenvalue weighted by atomic mass is 10.1. The molecule has 86 valence electrons. The van der Waals surface area contributed by atoms with Crippen LogP contribution in [0.4, 0.5) is 0 Å². The van der Waals surface area contributed by atoms with Crippen molar-refractivity contribution in [2.24, 2.45) is 0 Å². The van der Waals surface area contributed by atoms with Crippen LogP contribution in [-0.2, 0) is 6.42 Å². The molecule has 0 aliphatic carbocycles. The standard InChI is InChI=1S/C12H12O3.ClH/c1-2-5-10-11(12(13)14)8-6-3-4-7-9(8)15-10;/h3-4,6-7H,2,5H2,1H3,(H,13,14);1H. The van der Waals surface area contributed by atoms with Crippen molar-refractivity contribution in [2.45, 2.75) is 19.8 Å². The van der Waals surface area contributed by atoms with Crippen molar-refractivity contribution >= 4 is 29.3 Å². The van der Waals surface area contributed by atoms with Crippen molar-refractivity contribution < 1.29 is 14.3 Å². The van der Waals surface area contributed by atoms with Crippen LogP contribution in [0.5, 0.6) is 0 Å². The molecule has 16 heavy (non-hydrogen) atoms. The summed E-state index contributed by atoms with van der Waals surface area (Å²) in [5.41, 5.74) is 0.964. The van der Waals surface area contributed by atoms with Crippen LogP contribution in [-0.4, -0.2) is 11.1 Å². The first-order chi connectivity index (χ1) is 7.24. The van der Waals surface area contributed by atoms with Crippen LogP contribution in [0.1, 0.15) is 29.5 Å². The predicted molar refractivity (Wildman–Crippen MR) is 64.4 cm³/mol. The molecule has 0 unspecified atom stereocenters. The smallest absolute Gasteiger partial charge is 0.339 e. The van der Waals surface area contributed by atoms with Crippen molar-refractivity contribution in [3.63, 3.8) is 0 Å². The van der Waals surface area contributed by atoms with Gasteiger partial charge < -0.3 is 9.52 Å². The minimum Gasteiger partial charge on any atom is -0.478 e. The highest BCUT2D eigenvalue weighted by Crippen LogP contribution is 2.26. The molecule has 0 atom stereocenters. The zero-order chi connectivity index (χ0) is 10.8. The lowest BCUT2D eigenvalue weighted by molar-refractivity contribution is 0.0696. The van der Waals surface area contributed by atoms with Gasteiger partial charge in [-0.1, -0.05) is 25.1 Å². The summed E-state index contributed by atoms with van der Waals surface area (Å²) in [7, 11) is 0. The van der Waals surface area contributed by atoms with Crippen LogP contribution in [0.2, 0.25) is 0 Å². The number of hydrogen-bond acceptors (Lipinski definition) is 2. The third-order valence-electron chi connectivity index (χ3n) is 2.36. The van der Waals surface area contributed by atoms with Gasteiger partial charge >= 0.3 is 5.97 Å². The molecule has 0 bridgehead atoms. The van der Waals surface area contributed by atoms with Gasteiger partial charge in [0.15, 0.2) is 0 Å². The summed E-state index contributed by atoms with van der Waals surface area (Å²) in [6.07, 6.45) is 1.54. The first kappa shape index (κ1) is 12.6. The minimum atomic E-state index is -0.914. The van der Waals surface area contributed by atoms with Crippen LogP contribution in [0.25, 0.3) is 11.0 Å². The molecule has 0 amide bonds. The first-order valence-corrected chi connectivity index (χ1v) is 4.97. The van der Waals surface area contributed by atoms with E-state index in [-0.39, 0.29) is 12.4 Å². The Morgan fingerprint density at radius 3 is 2.69 bits per heavy atom. The third kappa shape index (κ3) is 2.04. The Hall–Kier alpha value is -1.48. The van der Waals surface area contributed by atoms with Crippen molar-refractivity contribution in [1.82, 2.24) is 0 Å². The number of hydrogen-bond donors (Lipinski definition) is 1. The summed E-state index contributed by atoms with van der Waals surface area (Å²) in [4.78, 5) is 11.1. The lowest BCUT2D eigenvalue weighted by Gasteiger charge is -1.94. The Morgan fingerprint density at radius 1 is 1.38 bits per heavy atom. The number of halogens is 1. The highest BCUT2D eigenvalue weighted by atomic mass is 35.5. The number of para-hydroxylation sites is 1. The fourth-order valence-corrected chi connectivity index (χ4v) is 1.73. The fourth-order valence-electron chi connectivity index (χ4n) is 1.73.